The third-order valence-electron chi connectivity index (χ3n) is 4.22. The number of hydrogen-bond acceptors (Lipinski definition) is 7. The Morgan fingerprint density at radius 1 is 1.30 bits per heavy atom. The highest BCUT2D eigenvalue weighted by Gasteiger charge is 2.30. The van der Waals surface area contributed by atoms with E-state index in [1.165, 1.54) is 11.3 Å². The van der Waals surface area contributed by atoms with Crippen LogP contribution in [-0.4, -0.2) is 60.9 Å². The first kappa shape index (κ1) is 18.9. The number of nitrogens with zero attached hydrogens (tertiary/aromatic N) is 3. The van der Waals surface area contributed by atoms with Crippen LogP contribution in [0.25, 0.3) is 0 Å². The van der Waals surface area contributed by atoms with Crippen LogP contribution < -0.4 is 20.1 Å². The average Bonchev–Trinajstić information content (AvgIpc) is 3.22. The van der Waals surface area contributed by atoms with Gasteiger partial charge in [0, 0.05) is 20.0 Å². The molecule has 9 nitrogen and oxygen atoms in total. The fourth-order valence-electron chi connectivity index (χ4n) is 2.79. The quantitative estimate of drug-likeness (QED) is 0.773. The number of anilines is 1. The van der Waals surface area contributed by atoms with Gasteiger partial charge in [0.2, 0.25) is 11.0 Å². The zero-order valence-electron chi connectivity index (χ0n) is 15.3. The number of methoxy groups -OCH3 is 2. The number of carbonyl (C=O) groups excluding carboxylic acids is 2. The minimum absolute atomic E-state index is 0.0865. The first-order valence-electron chi connectivity index (χ1n) is 8.36. The second kappa shape index (κ2) is 8.21. The third kappa shape index (κ3) is 4.45. The number of nitrogens with one attached hydrogen (secondary N) is 2. The fourth-order valence-corrected chi connectivity index (χ4v) is 3.56. The number of amides is 3. The van der Waals surface area contributed by atoms with Crippen molar-refractivity contribution in [1.82, 2.24) is 20.4 Å². The summed E-state index contributed by atoms with van der Waals surface area (Å²) < 4.78 is 10.5. The van der Waals surface area contributed by atoms with Crippen molar-refractivity contribution in [3.05, 3.63) is 28.8 Å². The maximum atomic E-state index is 12.1. The third-order valence-corrected chi connectivity index (χ3v) is 5.06. The summed E-state index contributed by atoms with van der Waals surface area (Å²) in [7, 11) is 4.88. The molecule has 1 fully saturated rings. The van der Waals surface area contributed by atoms with Crippen molar-refractivity contribution in [2.45, 2.75) is 18.9 Å². The number of likely N-dealkylation sites (tertiary alicyclic amines) is 1. The van der Waals surface area contributed by atoms with Crippen molar-refractivity contribution in [1.29, 1.82) is 0 Å². The summed E-state index contributed by atoms with van der Waals surface area (Å²) in [5.41, 5.74) is 0.986. The Hall–Kier alpha value is -2.88. The van der Waals surface area contributed by atoms with Crippen molar-refractivity contribution in [2.24, 2.45) is 0 Å². The Morgan fingerprint density at radius 2 is 2.07 bits per heavy atom. The summed E-state index contributed by atoms with van der Waals surface area (Å²) in [6, 6.07) is 4.68. The van der Waals surface area contributed by atoms with E-state index in [2.05, 4.69) is 20.8 Å². The van der Waals surface area contributed by atoms with Crippen LogP contribution >= 0.6 is 11.3 Å². The summed E-state index contributed by atoms with van der Waals surface area (Å²) in [5.74, 6) is 1.21. The largest absolute Gasteiger partial charge is 0.493 e. The zero-order chi connectivity index (χ0) is 19.4. The van der Waals surface area contributed by atoms with E-state index in [4.69, 9.17) is 9.47 Å². The lowest BCUT2D eigenvalue weighted by atomic mass is 10.1. The molecule has 1 aliphatic rings. The van der Waals surface area contributed by atoms with Crippen LogP contribution in [0, 0.1) is 0 Å². The number of hydrogen-bond donors (Lipinski definition) is 2. The van der Waals surface area contributed by atoms with Crippen LogP contribution in [0.4, 0.5) is 9.93 Å². The molecule has 0 spiro atoms. The van der Waals surface area contributed by atoms with Gasteiger partial charge in [0.15, 0.2) is 11.5 Å². The van der Waals surface area contributed by atoms with Crippen LogP contribution in [0.1, 0.15) is 17.0 Å². The topological polar surface area (TPSA) is 106 Å². The molecule has 2 heterocycles. The molecule has 1 saturated heterocycles. The number of rotatable bonds is 6. The highest BCUT2D eigenvalue weighted by Crippen LogP contribution is 2.29. The first-order chi connectivity index (χ1) is 13.0. The number of likely N-dealkylation sites (N-methyl/N-ethyl adjacent to an activating group) is 1. The SMILES string of the molecule is COc1ccc(Cc2nnc(NC(=O)NC3CCN(C)C3=O)s2)cc1OC. The van der Waals surface area contributed by atoms with Crippen LogP contribution in [0.3, 0.4) is 0 Å². The predicted octanol–water partition coefficient (Wildman–Crippen LogP) is 1.50. The van der Waals surface area contributed by atoms with Gasteiger partial charge in [-0.1, -0.05) is 17.4 Å². The van der Waals surface area contributed by atoms with E-state index in [0.717, 1.165) is 10.6 Å². The van der Waals surface area contributed by atoms with Crippen molar-refractivity contribution in [3.8, 4) is 11.5 Å². The van der Waals surface area contributed by atoms with E-state index in [0.29, 0.717) is 36.0 Å². The van der Waals surface area contributed by atoms with Gasteiger partial charge in [0.25, 0.3) is 0 Å². The maximum Gasteiger partial charge on any atom is 0.321 e. The van der Waals surface area contributed by atoms with E-state index in [9.17, 15) is 9.59 Å². The van der Waals surface area contributed by atoms with E-state index in [-0.39, 0.29) is 5.91 Å². The molecule has 0 radical (unpaired) electrons. The van der Waals surface area contributed by atoms with Crippen LogP contribution in [0.5, 0.6) is 11.5 Å². The van der Waals surface area contributed by atoms with Crippen molar-refractivity contribution in [3.63, 3.8) is 0 Å². The fraction of sp³-hybridized carbons (Fsp3) is 0.412. The maximum absolute atomic E-state index is 12.1. The molecule has 1 aliphatic heterocycles. The smallest absolute Gasteiger partial charge is 0.321 e. The van der Waals surface area contributed by atoms with Gasteiger partial charge < -0.3 is 19.7 Å². The Bertz CT molecular complexity index is 840. The Kier molecular flexibility index (Phi) is 5.75. The van der Waals surface area contributed by atoms with Gasteiger partial charge in [0.1, 0.15) is 11.0 Å². The molecule has 27 heavy (non-hydrogen) atoms. The highest BCUT2D eigenvalue weighted by molar-refractivity contribution is 7.15. The van der Waals surface area contributed by atoms with Crippen LogP contribution in [0.15, 0.2) is 18.2 Å². The molecule has 0 bridgehead atoms. The lowest BCUT2D eigenvalue weighted by molar-refractivity contribution is -0.128. The van der Waals surface area contributed by atoms with Gasteiger partial charge in [-0.15, -0.1) is 10.2 Å². The molecular weight excluding hydrogens is 370 g/mol. The molecule has 2 aromatic rings. The number of aromatic nitrogens is 2. The molecule has 1 atom stereocenters. The number of urea groups is 1. The van der Waals surface area contributed by atoms with E-state index in [1.54, 1.807) is 26.2 Å². The van der Waals surface area contributed by atoms with Gasteiger partial charge >= 0.3 is 6.03 Å². The second-order valence-corrected chi connectivity index (χ2v) is 7.13. The van der Waals surface area contributed by atoms with Gasteiger partial charge in [0.05, 0.1) is 14.2 Å². The predicted molar refractivity (Wildman–Crippen MR) is 100 cm³/mol. The molecule has 1 unspecified atom stereocenters. The highest BCUT2D eigenvalue weighted by atomic mass is 32.1. The number of benzene rings is 1. The summed E-state index contributed by atoms with van der Waals surface area (Å²) >= 11 is 1.28. The minimum atomic E-state index is -0.492. The Balaban J connectivity index is 1.58. The monoisotopic (exact) mass is 391 g/mol. The van der Waals surface area contributed by atoms with Gasteiger partial charge in [-0.05, 0) is 24.1 Å². The Labute approximate surface area is 160 Å². The summed E-state index contributed by atoms with van der Waals surface area (Å²) in [6.07, 6.45) is 1.15. The van der Waals surface area contributed by atoms with Crippen LogP contribution in [-0.2, 0) is 11.2 Å². The zero-order valence-corrected chi connectivity index (χ0v) is 16.1. The normalized spacial score (nSPS) is 16.3. The van der Waals surface area contributed by atoms with Crippen molar-refractivity contribution in [2.75, 3.05) is 33.1 Å². The van der Waals surface area contributed by atoms with Gasteiger partial charge in [-0.25, -0.2) is 4.79 Å². The molecule has 3 amide bonds. The summed E-state index contributed by atoms with van der Waals surface area (Å²) in [5, 5.41) is 14.5. The molecule has 0 saturated carbocycles. The van der Waals surface area contributed by atoms with Crippen molar-refractivity contribution >= 4 is 28.4 Å². The van der Waals surface area contributed by atoms with Gasteiger partial charge in [-0.3, -0.25) is 10.1 Å². The Morgan fingerprint density at radius 3 is 2.74 bits per heavy atom. The lowest BCUT2D eigenvalue weighted by Gasteiger charge is -2.11. The van der Waals surface area contributed by atoms with E-state index >= 15 is 0 Å². The molecule has 10 heteroatoms. The van der Waals surface area contributed by atoms with Crippen LogP contribution in [0.2, 0.25) is 0 Å². The molecule has 2 N–H and O–H groups in total. The molecule has 1 aromatic carbocycles. The molecule has 0 aliphatic carbocycles. The minimum Gasteiger partial charge on any atom is -0.493 e. The lowest BCUT2D eigenvalue weighted by Crippen LogP contribution is -2.42. The number of ether oxygens (including phenoxy) is 2. The molecule has 144 valence electrons. The van der Waals surface area contributed by atoms with Crippen molar-refractivity contribution < 1.29 is 19.1 Å². The summed E-state index contributed by atoms with van der Waals surface area (Å²) in [6.45, 7) is 0.637. The molecular formula is C17H21N5O4S. The van der Waals surface area contributed by atoms with Gasteiger partial charge in [-0.2, -0.15) is 0 Å². The molecule has 3 rings (SSSR count). The summed E-state index contributed by atoms with van der Waals surface area (Å²) in [4.78, 5) is 25.5. The molecule has 1 aromatic heterocycles. The average molecular weight is 391 g/mol. The first-order valence-corrected chi connectivity index (χ1v) is 9.17. The second-order valence-electron chi connectivity index (χ2n) is 6.07. The van der Waals surface area contributed by atoms with E-state index in [1.807, 2.05) is 18.2 Å². The standard InChI is InChI=1S/C17H21N5O4S/c1-22-7-6-11(15(22)23)18-16(24)19-17-21-20-14(27-17)9-10-4-5-12(25-2)13(8-10)26-3/h4-5,8,11H,6-7,9H2,1-3H3,(H2,18,19,21,24). The van der Waals surface area contributed by atoms with E-state index < -0.39 is 12.1 Å². The number of carbonyl (C=O) groups is 2.